The molecule has 0 radical (unpaired) electrons. The SMILES string of the molecule is Cc1cccc(O)c1-n1c2c(cc(-c3nc(-c4ccc(Cl)cc4)cs3)c1=O)C(=O)CC(C)(C)C2. The number of phenolic OH excluding ortho intramolecular Hbond substituents is 1. The lowest BCUT2D eigenvalue weighted by Gasteiger charge is -2.32. The monoisotopic (exact) mass is 490 g/mol. The molecule has 5 rings (SSSR count). The van der Waals surface area contributed by atoms with Gasteiger partial charge in [-0.2, -0.15) is 0 Å². The molecule has 0 saturated heterocycles. The molecule has 4 aromatic rings. The van der Waals surface area contributed by atoms with Gasteiger partial charge in [0, 0.05) is 33.6 Å². The Hall–Kier alpha value is -3.22. The molecule has 7 heteroatoms. The molecule has 0 unspecified atom stereocenters. The van der Waals surface area contributed by atoms with Crippen LogP contribution in [0.2, 0.25) is 5.02 Å². The first-order chi connectivity index (χ1) is 16.1. The number of pyridine rings is 1. The van der Waals surface area contributed by atoms with Crippen molar-refractivity contribution in [2.45, 2.75) is 33.6 Å². The fourth-order valence-electron chi connectivity index (χ4n) is 4.59. The molecule has 34 heavy (non-hydrogen) atoms. The number of phenols is 1. The molecule has 5 nitrogen and oxygen atoms in total. The summed E-state index contributed by atoms with van der Waals surface area (Å²) in [5.41, 5.74) is 3.68. The number of ketones is 1. The van der Waals surface area contributed by atoms with Gasteiger partial charge in [-0.05, 0) is 48.6 Å². The van der Waals surface area contributed by atoms with Crippen molar-refractivity contribution in [2.75, 3.05) is 0 Å². The Morgan fingerprint density at radius 3 is 2.50 bits per heavy atom. The Bertz CT molecular complexity index is 1480. The van der Waals surface area contributed by atoms with E-state index in [1.165, 1.54) is 15.9 Å². The van der Waals surface area contributed by atoms with E-state index in [2.05, 4.69) is 0 Å². The smallest absolute Gasteiger partial charge is 0.265 e. The maximum Gasteiger partial charge on any atom is 0.265 e. The third-order valence-electron chi connectivity index (χ3n) is 6.20. The Labute approximate surface area is 206 Å². The second kappa shape index (κ2) is 8.22. The third kappa shape index (κ3) is 3.87. The minimum atomic E-state index is -0.300. The molecule has 0 aliphatic heterocycles. The van der Waals surface area contributed by atoms with Crippen molar-refractivity contribution in [1.29, 1.82) is 0 Å². The molecule has 2 aromatic carbocycles. The van der Waals surface area contributed by atoms with Crippen molar-refractivity contribution >= 4 is 28.7 Å². The van der Waals surface area contributed by atoms with Crippen LogP contribution in [0.25, 0.3) is 27.5 Å². The van der Waals surface area contributed by atoms with E-state index < -0.39 is 0 Å². The number of halogens is 1. The van der Waals surface area contributed by atoms with Gasteiger partial charge in [0.1, 0.15) is 10.8 Å². The number of hydrogen-bond acceptors (Lipinski definition) is 5. The molecule has 2 heterocycles. The zero-order valence-electron chi connectivity index (χ0n) is 19.1. The fourth-order valence-corrected chi connectivity index (χ4v) is 5.55. The van der Waals surface area contributed by atoms with Crippen molar-refractivity contribution in [1.82, 2.24) is 9.55 Å². The van der Waals surface area contributed by atoms with Crippen LogP contribution in [0.3, 0.4) is 0 Å². The van der Waals surface area contributed by atoms with E-state index in [0.29, 0.717) is 45.4 Å². The first-order valence-corrected chi connectivity index (χ1v) is 12.2. The van der Waals surface area contributed by atoms with Crippen molar-refractivity contribution in [3.05, 3.63) is 86.1 Å². The summed E-state index contributed by atoms with van der Waals surface area (Å²) in [7, 11) is 0. The highest BCUT2D eigenvalue weighted by molar-refractivity contribution is 7.13. The summed E-state index contributed by atoms with van der Waals surface area (Å²) in [5.74, 6) is -0.0120. The summed E-state index contributed by atoms with van der Waals surface area (Å²) >= 11 is 7.36. The van der Waals surface area contributed by atoms with Crippen LogP contribution in [0.4, 0.5) is 0 Å². The Kier molecular flexibility index (Phi) is 5.46. The molecule has 0 fully saturated rings. The van der Waals surface area contributed by atoms with Crippen molar-refractivity contribution in [3.63, 3.8) is 0 Å². The average Bonchev–Trinajstić information content (AvgIpc) is 3.25. The van der Waals surface area contributed by atoms with Crippen LogP contribution in [-0.2, 0) is 6.42 Å². The van der Waals surface area contributed by atoms with Crippen LogP contribution in [0, 0.1) is 12.3 Å². The lowest BCUT2D eigenvalue weighted by Crippen LogP contribution is -2.35. The molecule has 0 atom stereocenters. The van der Waals surface area contributed by atoms with Crippen LogP contribution >= 0.6 is 22.9 Å². The van der Waals surface area contributed by atoms with Gasteiger partial charge in [0.15, 0.2) is 5.78 Å². The topological polar surface area (TPSA) is 72.2 Å². The van der Waals surface area contributed by atoms with E-state index in [-0.39, 0.29) is 22.5 Å². The molecule has 0 amide bonds. The molecule has 1 N–H and O–H groups in total. The van der Waals surface area contributed by atoms with Gasteiger partial charge >= 0.3 is 0 Å². The van der Waals surface area contributed by atoms with Gasteiger partial charge in [-0.3, -0.25) is 14.2 Å². The Balaban J connectivity index is 1.77. The number of benzene rings is 2. The summed E-state index contributed by atoms with van der Waals surface area (Å²) in [6.45, 7) is 5.89. The highest BCUT2D eigenvalue weighted by atomic mass is 35.5. The van der Waals surface area contributed by atoms with E-state index in [0.717, 1.165) is 16.8 Å². The summed E-state index contributed by atoms with van der Waals surface area (Å²) in [4.78, 5) is 31.9. The molecule has 0 spiro atoms. The summed E-state index contributed by atoms with van der Waals surface area (Å²) < 4.78 is 1.53. The number of thiazole rings is 1. The van der Waals surface area contributed by atoms with Crippen LogP contribution in [0.1, 0.15) is 41.9 Å². The van der Waals surface area contributed by atoms with Gasteiger partial charge in [0.25, 0.3) is 5.56 Å². The lowest BCUT2D eigenvalue weighted by molar-refractivity contribution is 0.0909. The van der Waals surface area contributed by atoms with E-state index in [1.807, 2.05) is 44.4 Å². The maximum atomic E-state index is 13.9. The number of aromatic hydroxyl groups is 1. The quantitative estimate of drug-likeness (QED) is 0.358. The summed E-state index contributed by atoms with van der Waals surface area (Å²) in [5, 5.41) is 13.8. The predicted molar refractivity (Wildman–Crippen MR) is 136 cm³/mol. The summed E-state index contributed by atoms with van der Waals surface area (Å²) in [6.07, 6.45) is 0.941. The number of aromatic nitrogens is 2. The fraction of sp³-hybridized carbons (Fsp3) is 0.222. The normalized spacial score (nSPS) is 14.8. The molecule has 172 valence electrons. The number of carbonyl (C=O) groups excluding carboxylic acids is 1. The predicted octanol–water partition coefficient (Wildman–Crippen LogP) is 6.45. The third-order valence-corrected chi connectivity index (χ3v) is 7.33. The number of nitrogens with zero attached hydrogens (tertiary/aromatic N) is 2. The van der Waals surface area contributed by atoms with Crippen LogP contribution in [0.15, 0.2) is 58.7 Å². The van der Waals surface area contributed by atoms with E-state index in [4.69, 9.17) is 16.6 Å². The van der Waals surface area contributed by atoms with Gasteiger partial charge in [-0.1, -0.05) is 49.7 Å². The molecular formula is C27H23ClN2O3S. The number of para-hydroxylation sites is 1. The van der Waals surface area contributed by atoms with Crippen LogP contribution < -0.4 is 5.56 Å². The first-order valence-electron chi connectivity index (χ1n) is 11.0. The van der Waals surface area contributed by atoms with Crippen molar-refractivity contribution in [3.8, 4) is 33.3 Å². The number of Topliss-reactive ketones (excluding diaryl/α,β-unsaturated/α-hetero) is 1. The Morgan fingerprint density at radius 2 is 1.79 bits per heavy atom. The molecule has 1 aliphatic carbocycles. The maximum absolute atomic E-state index is 13.9. The number of rotatable bonds is 3. The van der Waals surface area contributed by atoms with Gasteiger partial charge < -0.3 is 5.11 Å². The minimum Gasteiger partial charge on any atom is -0.506 e. The van der Waals surface area contributed by atoms with Gasteiger partial charge in [-0.15, -0.1) is 11.3 Å². The molecular weight excluding hydrogens is 468 g/mol. The molecule has 1 aliphatic rings. The molecule has 2 aromatic heterocycles. The first kappa shape index (κ1) is 22.6. The van der Waals surface area contributed by atoms with Crippen LogP contribution in [0.5, 0.6) is 5.75 Å². The molecule has 0 saturated carbocycles. The summed E-state index contributed by atoms with van der Waals surface area (Å²) in [6, 6.07) is 14.2. The van der Waals surface area contributed by atoms with Crippen LogP contribution in [-0.4, -0.2) is 20.4 Å². The largest absolute Gasteiger partial charge is 0.506 e. The molecule has 0 bridgehead atoms. The second-order valence-corrected chi connectivity index (χ2v) is 10.8. The standard InChI is InChI=1S/C27H23ClN2O3S/c1-15-5-4-6-22(31)24(15)30-21-12-27(2,3)13-23(32)18(21)11-19(26(30)33)25-29-20(14-34-25)16-7-9-17(28)10-8-16/h4-11,14,31H,12-13H2,1-3H3. The number of hydrogen-bond donors (Lipinski definition) is 1. The highest BCUT2D eigenvalue weighted by Crippen LogP contribution is 2.38. The van der Waals surface area contributed by atoms with E-state index >= 15 is 0 Å². The van der Waals surface area contributed by atoms with Crippen molar-refractivity contribution < 1.29 is 9.90 Å². The van der Waals surface area contributed by atoms with Gasteiger partial charge in [0.05, 0.1) is 16.9 Å². The second-order valence-electron chi connectivity index (χ2n) is 9.49. The Morgan fingerprint density at radius 1 is 1.06 bits per heavy atom. The van der Waals surface area contributed by atoms with E-state index in [9.17, 15) is 14.7 Å². The highest BCUT2D eigenvalue weighted by Gasteiger charge is 2.35. The number of carbonyl (C=O) groups is 1. The average molecular weight is 491 g/mol. The number of aryl methyl sites for hydroxylation is 1. The van der Waals surface area contributed by atoms with E-state index in [1.54, 1.807) is 30.3 Å². The zero-order chi connectivity index (χ0) is 24.2. The number of fused-ring (bicyclic) bond motifs is 1. The van der Waals surface area contributed by atoms with Gasteiger partial charge in [0.2, 0.25) is 0 Å². The minimum absolute atomic E-state index is 0.00160. The zero-order valence-corrected chi connectivity index (χ0v) is 20.6. The van der Waals surface area contributed by atoms with Gasteiger partial charge in [-0.25, -0.2) is 4.98 Å². The van der Waals surface area contributed by atoms with Crippen molar-refractivity contribution in [2.24, 2.45) is 5.41 Å². The lowest BCUT2D eigenvalue weighted by atomic mass is 9.75.